The minimum atomic E-state index is 0.270. The highest BCUT2D eigenvalue weighted by Crippen LogP contribution is 2.29. The van der Waals surface area contributed by atoms with Gasteiger partial charge in [0.05, 0.1) is 27.3 Å². The number of nitrogens with zero attached hydrogens (tertiary/aromatic N) is 3. The van der Waals surface area contributed by atoms with Crippen molar-refractivity contribution in [3.8, 4) is 0 Å². The number of hydrogen-bond donors (Lipinski definition) is 1. The average Bonchev–Trinajstić information content (AvgIpc) is 2.82. The fourth-order valence-corrected chi connectivity index (χ4v) is 3.14. The van der Waals surface area contributed by atoms with Gasteiger partial charge in [-0.3, -0.25) is 0 Å². The third kappa shape index (κ3) is 2.41. The molecule has 18 heavy (non-hydrogen) atoms. The van der Waals surface area contributed by atoms with Gasteiger partial charge < -0.3 is 9.88 Å². The summed E-state index contributed by atoms with van der Waals surface area (Å²) in [5.41, 5.74) is 2.16. The van der Waals surface area contributed by atoms with Crippen LogP contribution in [0.25, 0.3) is 0 Å². The lowest BCUT2D eigenvalue weighted by Gasteiger charge is -2.15. The smallest absolute Gasteiger partial charge is 0.203 e. The predicted molar refractivity (Wildman–Crippen MR) is 76.5 cm³/mol. The van der Waals surface area contributed by atoms with Crippen molar-refractivity contribution in [2.24, 2.45) is 0 Å². The molecular weight excluding hydrogens is 244 g/mol. The van der Waals surface area contributed by atoms with Crippen molar-refractivity contribution in [3.05, 3.63) is 27.5 Å². The SMILES string of the molecule is CCNc1nc(C)cn1C(C)c1sc(C)nc1C. The first-order valence-electron chi connectivity index (χ1n) is 6.26. The van der Waals surface area contributed by atoms with Gasteiger partial charge in [-0.25, -0.2) is 9.97 Å². The maximum absolute atomic E-state index is 4.52. The van der Waals surface area contributed by atoms with Crippen LogP contribution in [0.2, 0.25) is 0 Å². The van der Waals surface area contributed by atoms with Gasteiger partial charge >= 0.3 is 0 Å². The van der Waals surface area contributed by atoms with Crippen LogP contribution in [0.5, 0.6) is 0 Å². The van der Waals surface area contributed by atoms with Gasteiger partial charge in [-0.05, 0) is 34.6 Å². The van der Waals surface area contributed by atoms with Crippen molar-refractivity contribution in [1.29, 1.82) is 0 Å². The van der Waals surface area contributed by atoms with Gasteiger partial charge in [0, 0.05) is 12.7 Å². The molecule has 0 spiro atoms. The van der Waals surface area contributed by atoms with Crippen LogP contribution >= 0.6 is 11.3 Å². The Morgan fingerprint density at radius 1 is 1.33 bits per heavy atom. The highest BCUT2D eigenvalue weighted by molar-refractivity contribution is 7.11. The number of anilines is 1. The fourth-order valence-electron chi connectivity index (χ4n) is 2.16. The van der Waals surface area contributed by atoms with E-state index in [1.807, 2.05) is 6.92 Å². The van der Waals surface area contributed by atoms with Crippen LogP contribution in [0.4, 0.5) is 5.95 Å². The Balaban J connectivity index is 2.38. The maximum Gasteiger partial charge on any atom is 0.203 e. The highest BCUT2D eigenvalue weighted by atomic mass is 32.1. The summed E-state index contributed by atoms with van der Waals surface area (Å²) in [7, 11) is 0. The summed E-state index contributed by atoms with van der Waals surface area (Å²) in [5, 5.41) is 4.43. The maximum atomic E-state index is 4.52. The first-order chi connectivity index (χ1) is 8.52. The van der Waals surface area contributed by atoms with Crippen LogP contribution in [-0.4, -0.2) is 21.1 Å². The number of nitrogens with one attached hydrogen (secondary N) is 1. The summed E-state index contributed by atoms with van der Waals surface area (Å²) in [6.07, 6.45) is 2.09. The van der Waals surface area contributed by atoms with Crippen molar-refractivity contribution in [3.63, 3.8) is 0 Å². The Bertz CT molecular complexity index is 541. The summed E-state index contributed by atoms with van der Waals surface area (Å²) < 4.78 is 2.19. The Hall–Kier alpha value is -1.36. The molecule has 0 fully saturated rings. The molecule has 2 rings (SSSR count). The van der Waals surface area contributed by atoms with E-state index in [1.54, 1.807) is 11.3 Å². The molecule has 1 N–H and O–H groups in total. The van der Waals surface area contributed by atoms with Crippen LogP contribution in [-0.2, 0) is 0 Å². The second-order valence-electron chi connectivity index (χ2n) is 4.50. The van der Waals surface area contributed by atoms with Gasteiger partial charge in [-0.2, -0.15) is 0 Å². The molecule has 0 saturated heterocycles. The van der Waals surface area contributed by atoms with Crippen LogP contribution in [0.3, 0.4) is 0 Å². The van der Waals surface area contributed by atoms with Crippen molar-refractivity contribution in [1.82, 2.24) is 14.5 Å². The lowest BCUT2D eigenvalue weighted by atomic mass is 10.2. The number of hydrogen-bond acceptors (Lipinski definition) is 4. The number of thiazole rings is 1. The van der Waals surface area contributed by atoms with Crippen LogP contribution < -0.4 is 5.32 Å². The lowest BCUT2D eigenvalue weighted by molar-refractivity contribution is 0.649. The molecule has 2 heterocycles. The highest BCUT2D eigenvalue weighted by Gasteiger charge is 2.17. The van der Waals surface area contributed by atoms with E-state index in [9.17, 15) is 0 Å². The monoisotopic (exact) mass is 264 g/mol. The quantitative estimate of drug-likeness (QED) is 0.921. The molecule has 5 heteroatoms. The Labute approximate surface area is 112 Å². The minimum absolute atomic E-state index is 0.270. The average molecular weight is 264 g/mol. The van der Waals surface area contributed by atoms with Gasteiger partial charge in [0.15, 0.2) is 0 Å². The zero-order valence-corrected chi connectivity index (χ0v) is 12.4. The van der Waals surface area contributed by atoms with Crippen molar-refractivity contribution in [2.75, 3.05) is 11.9 Å². The predicted octanol–water partition coefficient (Wildman–Crippen LogP) is 3.31. The first kappa shape index (κ1) is 13.1. The zero-order valence-electron chi connectivity index (χ0n) is 11.6. The molecular formula is C13H20N4S. The molecule has 0 amide bonds. The van der Waals surface area contributed by atoms with Crippen LogP contribution in [0, 0.1) is 20.8 Å². The Kier molecular flexibility index (Phi) is 3.71. The minimum Gasteiger partial charge on any atom is -0.356 e. The molecule has 0 aliphatic heterocycles. The molecule has 0 bridgehead atoms. The lowest BCUT2D eigenvalue weighted by Crippen LogP contribution is -2.11. The molecule has 98 valence electrons. The fraction of sp³-hybridized carbons (Fsp3) is 0.538. The topological polar surface area (TPSA) is 42.7 Å². The Morgan fingerprint density at radius 2 is 2.06 bits per heavy atom. The third-order valence-corrected chi connectivity index (χ3v) is 4.17. The van der Waals surface area contributed by atoms with Crippen LogP contribution in [0.1, 0.15) is 41.2 Å². The number of rotatable bonds is 4. The third-order valence-electron chi connectivity index (χ3n) is 2.92. The summed E-state index contributed by atoms with van der Waals surface area (Å²) >= 11 is 1.77. The van der Waals surface area contributed by atoms with Gasteiger partial charge in [0.25, 0.3) is 0 Å². The van der Waals surface area contributed by atoms with Gasteiger partial charge in [0.2, 0.25) is 5.95 Å². The van der Waals surface area contributed by atoms with E-state index in [2.05, 4.69) is 53.7 Å². The van der Waals surface area contributed by atoms with Crippen molar-refractivity contribution >= 4 is 17.3 Å². The van der Waals surface area contributed by atoms with E-state index in [0.717, 1.165) is 28.9 Å². The molecule has 0 radical (unpaired) electrons. The number of aromatic nitrogens is 3. The summed E-state index contributed by atoms with van der Waals surface area (Å²) in [4.78, 5) is 10.3. The van der Waals surface area contributed by atoms with Crippen molar-refractivity contribution < 1.29 is 0 Å². The molecule has 4 nitrogen and oxygen atoms in total. The largest absolute Gasteiger partial charge is 0.356 e. The van der Waals surface area contributed by atoms with E-state index < -0.39 is 0 Å². The van der Waals surface area contributed by atoms with Gasteiger partial charge in [-0.1, -0.05) is 0 Å². The summed E-state index contributed by atoms with van der Waals surface area (Å²) in [6, 6.07) is 0.270. The van der Waals surface area contributed by atoms with E-state index in [0.29, 0.717) is 0 Å². The van der Waals surface area contributed by atoms with Crippen molar-refractivity contribution in [2.45, 2.75) is 40.7 Å². The molecule has 0 saturated carbocycles. The molecule has 1 atom stereocenters. The molecule has 2 aromatic heterocycles. The molecule has 0 aromatic carbocycles. The second kappa shape index (κ2) is 5.10. The molecule has 0 aliphatic carbocycles. The van der Waals surface area contributed by atoms with Gasteiger partial charge in [0.1, 0.15) is 0 Å². The number of aryl methyl sites for hydroxylation is 3. The molecule has 0 aliphatic rings. The van der Waals surface area contributed by atoms with E-state index >= 15 is 0 Å². The Morgan fingerprint density at radius 3 is 2.61 bits per heavy atom. The zero-order chi connectivity index (χ0) is 13.3. The normalized spacial score (nSPS) is 12.7. The molecule has 2 aromatic rings. The first-order valence-corrected chi connectivity index (χ1v) is 7.07. The standard InChI is InChI=1S/C13H20N4S/c1-6-14-13-15-8(2)7-17(13)10(4)12-9(3)16-11(5)18-12/h7,10H,6H2,1-5H3,(H,14,15). The van der Waals surface area contributed by atoms with E-state index in [4.69, 9.17) is 0 Å². The van der Waals surface area contributed by atoms with Crippen LogP contribution in [0.15, 0.2) is 6.20 Å². The second-order valence-corrected chi connectivity index (χ2v) is 5.74. The summed E-state index contributed by atoms with van der Waals surface area (Å²) in [5.74, 6) is 0.938. The summed E-state index contributed by atoms with van der Waals surface area (Å²) in [6.45, 7) is 11.3. The van der Waals surface area contributed by atoms with E-state index in [-0.39, 0.29) is 6.04 Å². The van der Waals surface area contributed by atoms with Gasteiger partial charge in [-0.15, -0.1) is 11.3 Å². The molecule has 1 unspecified atom stereocenters. The number of imidazole rings is 1. The van der Waals surface area contributed by atoms with E-state index in [1.165, 1.54) is 4.88 Å².